The van der Waals surface area contributed by atoms with Gasteiger partial charge >= 0.3 is 0 Å². The van der Waals surface area contributed by atoms with Crippen molar-refractivity contribution in [2.24, 2.45) is 0 Å². The maximum atomic E-state index is 10.9. The van der Waals surface area contributed by atoms with Crippen molar-refractivity contribution < 1.29 is 9.84 Å². The van der Waals surface area contributed by atoms with Gasteiger partial charge in [0.15, 0.2) is 0 Å². The molecular formula is C18H33NO2. The summed E-state index contributed by atoms with van der Waals surface area (Å²) in [5.74, 6) is 0. The lowest BCUT2D eigenvalue weighted by Crippen LogP contribution is -2.43. The van der Waals surface area contributed by atoms with Crippen molar-refractivity contribution in [2.75, 3.05) is 6.54 Å². The van der Waals surface area contributed by atoms with Gasteiger partial charge in [-0.15, -0.1) is 0 Å². The van der Waals surface area contributed by atoms with Gasteiger partial charge in [0.2, 0.25) is 0 Å². The van der Waals surface area contributed by atoms with Crippen molar-refractivity contribution in [1.29, 1.82) is 0 Å². The molecule has 3 fully saturated rings. The predicted octanol–water partition coefficient (Wildman–Crippen LogP) is 3.54. The van der Waals surface area contributed by atoms with Crippen LogP contribution in [0.3, 0.4) is 0 Å². The van der Waals surface area contributed by atoms with Gasteiger partial charge in [-0.1, -0.05) is 19.8 Å². The van der Waals surface area contributed by atoms with Gasteiger partial charge < -0.3 is 15.2 Å². The van der Waals surface area contributed by atoms with Crippen molar-refractivity contribution in [3.63, 3.8) is 0 Å². The first-order valence-corrected chi connectivity index (χ1v) is 9.27. The Labute approximate surface area is 129 Å². The second-order valence-electron chi connectivity index (χ2n) is 7.83. The quantitative estimate of drug-likeness (QED) is 0.815. The second kappa shape index (κ2) is 6.55. The summed E-state index contributed by atoms with van der Waals surface area (Å²) in [6.07, 6.45) is 14.1. The van der Waals surface area contributed by atoms with Crippen LogP contribution in [0.25, 0.3) is 0 Å². The molecule has 0 radical (unpaired) electrons. The van der Waals surface area contributed by atoms with E-state index in [0.29, 0.717) is 12.1 Å². The lowest BCUT2D eigenvalue weighted by Gasteiger charge is -2.38. The van der Waals surface area contributed by atoms with Crippen LogP contribution in [0.5, 0.6) is 0 Å². The third-order valence-electron chi connectivity index (χ3n) is 6.06. The number of ether oxygens (including phenoxy) is 1. The van der Waals surface area contributed by atoms with Crippen LogP contribution in [0.15, 0.2) is 0 Å². The Kier molecular flexibility index (Phi) is 4.92. The molecule has 1 heterocycles. The van der Waals surface area contributed by atoms with Crippen LogP contribution in [0.2, 0.25) is 0 Å². The molecule has 2 saturated carbocycles. The SMILES string of the molecule is CCCNC1CCC(O)(CC2CCC3(CCCC3)O2)CC1. The number of rotatable bonds is 5. The number of hydrogen-bond donors (Lipinski definition) is 2. The van der Waals surface area contributed by atoms with E-state index in [1.54, 1.807) is 0 Å². The third-order valence-corrected chi connectivity index (χ3v) is 6.06. The van der Waals surface area contributed by atoms with Crippen LogP contribution in [0.1, 0.15) is 84.0 Å². The minimum absolute atomic E-state index is 0.209. The molecule has 122 valence electrons. The van der Waals surface area contributed by atoms with Gasteiger partial charge in [0.1, 0.15) is 0 Å². The predicted molar refractivity (Wildman–Crippen MR) is 85.4 cm³/mol. The minimum atomic E-state index is -0.459. The van der Waals surface area contributed by atoms with E-state index in [9.17, 15) is 5.11 Å². The molecule has 0 aromatic heterocycles. The fourth-order valence-corrected chi connectivity index (χ4v) is 4.76. The van der Waals surface area contributed by atoms with Gasteiger partial charge in [-0.3, -0.25) is 0 Å². The topological polar surface area (TPSA) is 41.5 Å². The van der Waals surface area contributed by atoms with Gasteiger partial charge in [-0.25, -0.2) is 0 Å². The molecule has 0 bridgehead atoms. The van der Waals surface area contributed by atoms with E-state index in [4.69, 9.17) is 4.74 Å². The van der Waals surface area contributed by atoms with Crippen molar-refractivity contribution >= 4 is 0 Å². The summed E-state index contributed by atoms with van der Waals surface area (Å²) < 4.78 is 6.39. The number of hydrogen-bond acceptors (Lipinski definition) is 3. The Balaban J connectivity index is 1.45. The van der Waals surface area contributed by atoms with E-state index >= 15 is 0 Å². The van der Waals surface area contributed by atoms with Gasteiger partial charge in [-0.2, -0.15) is 0 Å². The molecule has 1 saturated heterocycles. The number of nitrogens with one attached hydrogen (secondary N) is 1. The third kappa shape index (κ3) is 3.80. The summed E-state index contributed by atoms with van der Waals surface area (Å²) >= 11 is 0. The highest BCUT2D eigenvalue weighted by atomic mass is 16.5. The van der Waals surface area contributed by atoms with Crippen LogP contribution >= 0.6 is 0 Å². The Morgan fingerprint density at radius 1 is 1.05 bits per heavy atom. The van der Waals surface area contributed by atoms with Crippen LogP contribution in [-0.4, -0.2) is 35.0 Å². The lowest BCUT2D eigenvalue weighted by molar-refractivity contribution is -0.0883. The highest BCUT2D eigenvalue weighted by molar-refractivity contribution is 4.96. The maximum absolute atomic E-state index is 10.9. The first-order chi connectivity index (χ1) is 10.1. The van der Waals surface area contributed by atoms with E-state index in [-0.39, 0.29) is 5.60 Å². The average molecular weight is 295 g/mol. The van der Waals surface area contributed by atoms with Crippen LogP contribution in [-0.2, 0) is 4.74 Å². The average Bonchev–Trinajstić information content (AvgIpc) is 3.09. The van der Waals surface area contributed by atoms with Crippen LogP contribution in [0.4, 0.5) is 0 Å². The van der Waals surface area contributed by atoms with Gasteiger partial charge in [0.25, 0.3) is 0 Å². The van der Waals surface area contributed by atoms with Gasteiger partial charge in [-0.05, 0) is 64.3 Å². The van der Waals surface area contributed by atoms with Crippen molar-refractivity contribution in [1.82, 2.24) is 5.32 Å². The zero-order chi connectivity index (χ0) is 14.8. The Hall–Kier alpha value is -0.120. The molecule has 0 aromatic carbocycles. The fourth-order valence-electron chi connectivity index (χ4n) is 4.76. The zero-order valence-electron chi connectivity index (χ0n) is 13.7. The summed E-state index contributed by atoms with van der Waals surface area (Å²) in [5, 5.41) is 14.5. The Morgan fingerprint density at radius 3 is 2.43 bits per heavy atom. The Morgan fingerprint density at radius 2 is 1.76 bits per heavy atom. The van der Waals surface area contributed by atoms with Crippen LogP contribution < -0.4 is 5.32 Å². The normalized spacial score (nSPS) is 39.1. The van der Waals surface area contributed by atoms with E-state index in [1.807, 2.05) is 0 Å². The smallest absolute Gasteiger partial charge is 0.0687 e. The largest absolute Gasteiger partial charge is 0.390 e. The molecule has 2 N–H and O–H groups in total. The molecule has 3 aliphatic rings. The fraction of sp³-hybridized carbons (Fsp3) is 1.00. The second-order valence-corrected chi connectivity index (χ2v) is 7.83. The molecule has 0 amide bonds. The molecular weight excluding hydrogens is 262 g/mol. The maximum Gasteiger partial charge on any atom is 0.0687 e. The van der Waals surface area contributed by atoms with E-state index in [0.717, 1.165) is 38.6 Å². The van der Waals surface area contributed by atoms with Gasteiger partial charge in [0, 0.05) is 12.5 Å². The first-order valence-electron chi connectivity index (χ1n) is 9.27. The Bertz CT molecular complexity index is 330. The molecule has 1 spiro atoms. The molecule has 3 heteroatoms. The zero-order valence-corrected chi connectivity index (χ0v) is 13.7. The monoisotopic (exact) mass is 295 g/mol. The molecule has 1 atom stereocenters. The molecule has 3 nitrogen and oxygen atoms in total. The standard InChI is InChI=1S/C18H33NO2/c1-2-13-19-15-5-10-17(20,11-6-15)14-16-7-12-18(21-16)8-3-4-9-18/h15-16,19-20H,2-14H2,1H3. The highest BCUT2D eigenvalue weighted by Gasteiger charge is 2.45. The summed E-state index contributed by atoms with van der Waals surface area (Å²) in [6, 6.07) is 0.621. The van der Waals surface area contributed by atoms with E-state index in [2.05, 4.69) is 12.2 Å². The minimum Gasteiger partial charge on any atom is -0.390 e. The molecule has 3 rings (SSSR count). The van der Waals surface area contributed by atoms with Crippen LogP contribution in [0, 0.1) is 0 Å². The summed E-state index contributed by atoms with van der Waals surface area (Å²) in [6.45, 7) is 3.32. The summed E-state index contributed by atoms with van der Waals surface area (Å²) in [5.41, 5.74) is -0.250. The highest BCUT2D eigenvalue weighted by Crippen LogP contribution is 2.46. The van der Waals surface area contributed by atoms with Gasteiger partial charge in [0.05, 0.1) is 17.3 Å². The van der Waals surface area contributed by atoms with E-state index in [1.165, 1.54) is 44.9 Å². The molecule has 1 aliphatic heterocycles. The lowest BCUT2D eigenvalue weighted by atomic mass is 9.78. The molecule has 21 heavy (non-hydrogen) atoms. The van der Waals surface area contributed by atoms with E-state index < -0.39 is 5.60 Å². The summed E-state index contributed by atoms with van der Waals surface area (Å²) in [4.78, 5) is 0. The van der Waals surface area contributed by atoms with Crippen molar-refractivity contribution in [3.05, 3.63) is 0 Å². The van der Waals surface area contributed by atoms with Crippen molar-refractivity contribution in [2.45, 2.75) is 107 Å². The molecule has 0 aromatic rings. The molecule has 2 aliphatic carbocycles. The summed E-state index contributed by atoms with van der Waals surface area (Å²) in [7, 11) is 0. The van der Waals surface area contributed by atoms with Crippen molar-refractivity contribution in [3.8, 4) is 0 Å². The molecule has 1 unspecified atom stereocenters. The first kappa shape index (κ1) is 15.8. The number of aliphatic hydroxyl groups is 1.